The fourth-order valence-corrected chi connectivity index (χ4v) is 2.98. The maximum absolute atomic E-state index is 12.3. The van der Waals surface area contributed by atoms with Gasteiger partial charge in [-0.25, -0.2) is 0 Å². The molecule has 0 fully saturated rings. The van der Waals surface area contributed by atoms with Crippen LogP contribution in [0.15, 0.2) is 59.0 Å². The molecule has 1 heterocycles. The van der Waals surface area contributed by atoms with Crippen molar-refractivity contribution in [2.45, 2.75) is 32.8 Å². The molecule has 6 nitrogen and oxygen atoms in total. The molecule has 6 heteroatoms. The van der Waals surface area contributed by atoms with Crippen LogP contribution in [0.2, 0.25) is 0 Å². The van der Waals surface area contributed by atoms with Crippen LogP contribution in [-0.2, 0) is 16.8 Å². The third-order valence-corrected chi connectivity index (χ3v) is 4.66. The van der Waals surface area contributed by atoms with E-state index in [1.165, 1.54) is 5.56 Å². The summed E-state index contributed by atoms with van der Waals surface area (Å²) in [5.41, 5.74) is 2.53. The number of nitrogens with one attached hydrogen (secondary N) is 1. The second-order valence-corrected chi connectivity index (χ2v) is 7.95. The van der Waals surface area contributed by atoms with Crippen molar-refractivity contribution in [3.05, 3.63) is 65.9 Å². The molecule has 30 heavy (non-hydrogen) atoms. The Morgan fingerprint density at radius 2 is 1.80 bits per heavy atom. The first-order chi connectivity index (χ1) is 14.3. The Labute approximate surface area is 176 Å². The van der Waals surface area contributed by atoms with Crippen LogP contribution in [0.25, 0.3) is 11.3 Å². The van der Waals surface area contributed by atoms with Crippen LogP contribution < -0.4 is 14.8 Å². The molecular weight excluding hydrogens is 382 g/mol. The van der Waals surface area contributed by atoms with Crippen molar-refractivity contribution in [1.82, 2.24) is 0 Å². The van der Waals surface area contributed by atoms with Crippen molar-refractivity contribution in [2.24, 2.45) is 0 Å². The fraction of sp³-hybridized carbons (Fsp3) is 0.292. The number of carbonyl (C=O) groups excluding carboxylic acids is 1. The van der Waals surface area contributed by atoms with Gasteiger partial charge < -0.3 is 24.3 Å². The minimum absolute atomic E-state index is 0.0634. The molecule has 1 amide bonds. The Kier molecular flexibility index (Phi) is 6.47. The molecule has 3 rings (SSSR count). The lowest BCUT2D eigenvalue weighted by atomic mass is 9.87. The van der Waals surface area contributed by atoms with Crippen LogP contribution in [0.1, 0.15) is 32.1 Å². The second-order valence-electron chi connectivity index (χ2n) is 7.95. The maximum Gasteiger partial charge on any atom is 0.262 e. The van der Waals surface area contributed by atoms with Crippen molar-refractivity contribution < 1.29 is 23.8 Å². The number of aliphatic hydroxyl groups is 1. The molecule has 0 atom stereocenters. The zero-order chi connectivity index (χ0) is 21.7. The summed E-state index contributed by atoms with van der Waals surface area (Å²) >= 11 is 0. The van der Waals surface area contributed by atoms with Gasteiger partial charge in [0.15, 0.2) is 6.61 Å². The van der Waals surface area contributed by atoms with E-state index in [0.717, 1.165) is 0 Å². The molecule has 0 aliphatic carbocycles. The lowest BCUT2D eigenvalue weighted by Crippen LogP contribution is -2.20. The van der Waals surface area contributed by atoms with E-state index in [-0.39, 0.29) is 24.5 Å². The Bertz CT molecular complexity index is 999. The summed E-state index contributed by atoms with van der Waals surface area (Å²) in [5.74, 6) is 1.96. The average Bonchev–Trinajstić information content (AvgIpc) is 3.21. The normalized spacial score (nSPS) is 11.2. The quantitative estimate of drug-likeness (QED) is 0.588. The van der Waals surface area contributed by atoms with Crippen molar-refractivity contribution in [1.29, 1.82) is 0 Å². The van der Waals surface area contributed by atoms with Gasteiger partial charge in [-0.05, 0) is 53.4 Å². The van der Waals surface area contributed by atoms with E-state index in [4.69, 9.17) is 13.9 Å². The van der Waals surface area contributed by atoms with Gasteiger partial charge in [-0.15, -0.1) is 0 Å². The SMILES string of the molecule is COc1ccc(NC(=O)COc2ccc(C(C)(C)C)cc2)cc1-c1ccc(CO)o1. The zero-order valence-electron chi connectivity index (χ0n) is 17.7. The number of methoxy groups -OCH3 is 1. The number of anilines is 1. The molecule has 0 radical (unpaired) electrons. The molecule has 0 unspecified atom stereocenters. The number of hydrogen-bond donors (Lipinski definition) is 2. The number of benzene rings is 2. The first kappa shape index (κ1) is 21.5. The number of ether oxygens (including phenoxy) is 2. The number of aliphatic hydroxyl groups excluding tert-OH is 1. The van der Waals surface area contributed by atoms with Gasteiger partial charge in [0.1, 0.15) is 29.6 Å². The predicted molar refractivity (Wildman–Crippen MR) is 116 cm³/mol. The Morgan fingerprint density at radius 1 is 1.07 bits per heavy atom. The van der Waals surface area contributed by atoms with Gasteiger partial charge in [-0.3, -0.25) is 4.79 Å². The third kappa shape index (κ3) is 5.21. The number of amides is 1. The van der Waals surface area contributed by atoms with Crippen LogP contribution >= 0.6 is 0 Å². The van der Waals surface area contributed by atoms with Gasteiger partial charge >= 0.3 is 0 Å². The molecule has 0 saturated carbocycles. The molecule has 0 aliphatic rings. The smallest absolute Gasteiger partial charge is 0.262 e. The Balaban J connectivity index is 1.65. The summed E-state index contributed by atoms with van der Waals surface area (Å²) in [6.45, 7) is 6.14. The number of furan rings is 1. The van der Waals surface area contributed by atoms with Crippen LogP contribution in [-0.4, -0.2) is 24.7 Å². The Hall–Kier alpha value is -3.25. The van der Waals surface area contributed by atoms with E-state index >= 15 is 0 Å². The summed E-state index contributed by atoms with van der Waals surface area (Å²) in [5, 5.41) is 12.0. The standard InChI is InChI=1S/C24H27NO5/c1-24(2,3)16-5-8-18(9-6-16)29-15-23(27)25-17-7-11-21(28-4)20(13-17)22-12-10-19(14-26)30-22/h5-13,26H,14-15H2,1-4H3,(H,25,27). The highest BCUT2D eigenvalue weighted by atomic mass is 16.5. The number of carbonyl (C=O) groups is 1. The zero-order valence-corrected chi connectivity index (χ0v) is 17.7. The van der Waals surface area contributed by atoms with Crippen molar-refractivity contribution >= 4 is 11.6 Å². The molecule has 2 N–H and O–H groups in total. The maximum atomic E-state index is 12.3. The molecule has 3 aromatic rings. The first-order valence-electron chi connectivity index (χ1n) is 9.71. The lowest BCUT2D eigenvalue weighted by molar-refractivity contribution is -0.118. The second kappa shape index (κ2) is 9.05. The first-order valence-corrected chi connectivity index (χ1v) is 9.71. The van der Waals surface area contributed by atoms with Crippen LogP contribution in [0.4, 0.5) is 5.69 Å². The highest BCUT2D eigenvalue weighted by Crippen LogP contribution is 2.34. The van der Waals surface area contributed by atoms with E-state index in [1.807, 2.05) is 24.3 Å². The molecule has 0 spiro atoms. The van der Waals surface area contributed by atoms with Crippen LogP contribution in [0, 0.1) is 0 Å². The molecule has 0 bridgehead atoms. The van der Waals surface area contributed by atoms with Gasteiger partial charge in [0, 0.05) is 5.69 Å². The Morgan fingerprint density at radius 3 is 2.40 bits per heavy atom. The molecule has 158 valence electrons. The van der Waals surface area contributed by atoms with E-state index in [2.05, 4.69) is 26.1 Å². The minimum atomic E-state index is -0.276. The fourth-order valence-electron chi connectivity index (χ4n) is 2.98. The predicted octanol–water partition coefficient (Wildman–Crippen LogP) is 4.76. The van der Waals surface area contributed by atoms with Gasteiger partial charge in [-0.2, -0.15) is 0 Å². The molecular formula is C24H27NO5. The van der Waals surface area contributed by atoms with E-state index in [0.29, 0.717) is 34.3 Å². The number of rotatable bonds is 7. The lowest BCUT2D eigenvalue weighted by Gasteiger charge is -2.19. The van der Waals surface area contributed by atoms with Crippen molar-refractivity contribution in [3.8, 4) is 22.8 Å². The number of hydrogen-bond acceptors (Lipinski definition) is 5. The summed E-state index contributed by atoms with van der Waals surface area (Å²) in [6, 6.07) is 16.4. The van der Waals surface area contributed by atoms with E-state index in [9.17, 15) is 9.90 Å². The molecule has 0 saturated heterocycles. The topological polar surface area (TPSA) is 80.9 Å². The summed E-state index contributed by atoms with van der Waals surface area (Å²) in [7, 11) is 1.56. The largest absolute Gasteiger partial charge is 0.496 e. The molecule has 2 aromatic carbocycles. The summed E-state index contributed by atoms with van der Waals surface area (Å²) in [4.78, 5) is 12.3. The minimum Gasteiger partial charge on any atom is -0.496 e. The van der Waals surface area contributed by atoms with Crippen LogP contribution in [0.3, 0.4) is 0 Å². The van der Waals surface area contributed by atoms with Gasteiger partial charge in [0.2, 0.25) is 0 Å². The van der Waals surface area contributed by atoms with Gasteiger partial charge in [0.25, 0.3) is 5.91 Å². The summed E-state index contributed by atoms with van der Waals surface area (Å²) in [6.07, 6.45) is 0. The van der Waals surface area contributed by atoms with Gasteiger partial charge in [-0.1, -0.05) is 32.9 Å². The van der Waals surface area contributed by atoms with Crippen molar-refractivity contribution in [2.75, 3.05) is 19.0 Å². The average molecular weight is 409 g/mol. The monoisotopic (exact) mass is 409 g/mol. The summed E-state index contributed by atoms with van der Waals surface area (Å²) < 4.78 is 16.6. The molecule has 0 aliphatic heterocycles. The highest BCUT2D eigenvalue weighted by Gasteiger charge is 2.14. The molecule has 1 aromatic heterocycles. The van der Waals surface area contributed by atoms with Crippen LogP contribution in [0.5, 0.6) is 11.5 Å². The third-order valence-electron chi connectivity index (χ3n) is 4.66. The van der Waals surface area contributed by atoms with E-state index in [1.54, 1.807) is 37.4 Å². The van der Waals surface area contributed by atoms with Crippen molar-refractivity contribution in [3.63, 3.8) is 0 Å². The highest BCUT2D eigenvalue weighted by molar-refractivity contribution is 5.92. The van der Waals surface area contributed by atoms with Gasteiger partial charge in [0.05, 0.1) is 12.7 Å². The van der Waals surface area contributed by atoms with E-state index < -0.39 is 0 Å².